The normalized spacial score (nSPS) is 13.2. The van der Waals surface area contributed by atoms with Gasteiger partial charge in [-0.15, -0.1) is 11.5 Å². The van der Waals surface area contributed by atoms with Crippen LogP contribution in [0, 0.1) is 12.3 Å². The van der Waals surface area contributed by atoms with Crippen molar-refractivity contribution < 1.29 is 51.6 Å². The van der Waals surface area contributed by atoms with E-state index in [4.69, 9.17) is 59.6 Å². The summed E-state index contributed by atoms with van der Waals surface area (Å²) in [4.78, 5) is 68.3. The maximum absolute atomic E-state index is 12.5. The molecule has 3 amide bonds. The minimum absolute atomic E-state index is 0.0412. The fourth-order valence-electron chi connectivity index (χ4n) is 4.94. The van der Waals surface area contributed by atoms with Gasteiger partial charge < -0.3 is 34.8 Å². The van der Waals surface area contributed by atoms with E-state index >= 15 is 0 Å². The zero-order valence-corrected chi connectivity index (χ0v) is 36.6. The molecule has 1 aliphatic rings. The molecule has 0 spiro atoms. The number of sulfonamides is 1. The lowest BCUT2D eigenvalue weighted by molar-refractivity contribution is -0.138. The topological polar surface area (TPSA) is 302 Å². The summed E-state index contributed by atoms with van der Waals surface area (Å²) in [6.07, 6.45) is 9.16. The van der Waals surface area contributed by atoms with Crippen molar-refractivity contribution in [2.45, 2.75) is 43.3 Å². The number of carboxylic acids is 1. The summed E-state index contributed by atoms with van der Waals surface area (Å²) < 4.78 is 55.7. The number of carbonyl (C=O) groups excluding carboxylic acids is 2. The van der Waals surface area contributed by atoms with Gasteiger partial charge in [-0.1, -0.05) is 29.1 Å². The van der Waals surface area contributed by atoms with Gasteiger partial charge in [0.15, 0.2) is 12.4 Å². The molecule has 5 rings (SSSR count). The zero-order chi connectivity index (χ0) is 45.7. The van der Waals surface area contributed by atoms with Gasteiger partial charge in [0.2, 0.25) is 17.7 Å². The number of hydrogen-bond donors (Lipinski definition) is 5. The second kappa shape index (κ2) is 22.2. The molecule has 61 heavy (non-hydrogen) atoms. The van der Waals surface area contributed by atoms with E-state index in [1.54, 1.807) is 15.4 Å². The monoisotopic (exact) mass is 928 g/mol. The number of amides is 3. The van der Waals surface area contributed by atoms with E-state index in [9.17, 15) is 32.2 Å². The SMILES string of the molecule is C#CCOc1cc(-n2nc3n(c2=O)CCCC3)c(Cl)cc1Cl.COc1cc(OC)nc(NC(=O)NS(=O)(=O)c2ncccc2C(=O)N(C)C)n1.CP(=O)(O)CCC(N)C(=O)O. The van der Waals surface area contributed by atoms with E-state index in [0.717, 1.165) is 25.1 Å². The average molecular weight is 930 g/mol. The Morgan fingerprint density at radius 2 is 1.77 bits per heavy atom. The second-order valence-corrected chi connectivity index (χ2v) is 17.8. The minimum Gasteiger partial charge on any atom is -0.481 e. The first-order valence-corrected chi connectivity index (χ1v) is 22.1. The average Bonchev–Trinajstić information content (AvgIpc) is 3.54. The molecule has 330 valence electrons. The van der Waals surface area contributed by atoms with Crippen LogP contribution in [0.15, 0.2) is 46.3 Å². The van der Waals surface area contributed by atoms with Crippen molar-refractivity contribution >= 4 is 64.4 Å². The number of benzene rings is 1. The number of aliphatic carboxylic acids is 1. The van der Waals surface area contributed by atoms with Crippen molar-refractivity contribution in [3.63, 3.8) is 0 Å². The Kier molecular flexibility index (Phi) is 18.0. The molecule has 0 radical (unpaired) electrons. The number of fused-ring (bicyclic) bond motifs is 1. The third kappa shape index (κ3) is 14.4. The molecule has 26 heteroatoms. The molecule has 1 aromatic carbocycles. The highest BCUT2D eigenvalue weighted by Gasteiger charge is 2.27. The Balaban J connectivity index is 0.000000267. The predicted octanol–water partition coefficient (Wildman–Crippen LogP) is 2.48. The molecule has 3 aromatic heterocycles. The fraction of sp³-hybridized carbons (Fsp3) is 0.371. The molecule has 22 nitrogen and oxygen atoms in total. The number of halogens is 2. The van der Waals surface area contributed by atoms with Gasteiger partial charge in [-0.05, 0) is 37.5 Å². The summed E-state index contributed by atoms with van der Waals surface area (Å²) in [5.74, 6) is 1.71. The molecule has 0 saturated heterocycles. The first kappa shape index (κ1) is 49.6. The maximum atomic E-state index is 12.5. The number of ether oxygens (including phenoxy) is 3. The predicted molar refractivity (Wildman–Crippen MR) is 223 cm³/mol. The molecule has 0 aliphatic carbocycles. The smallest absolute Gasteiger partial charge is 0.350 e. The largest absolute Gasteiger partial charge is 0.481 e. The number of aromatic nitrogens is 6. The Morgan fingerprint density at radius 3 is 2.33 bits per heavy atom. The molecule has 4 heterocycles. The lowest BCUT2D eigenvalue weighted by Crippen LogP contribution is -2.36. The number of carbonyl (C=O) groups is 3. The number of nitrogens with one attached hydrogen (secondary N) is 2. The van der Waals surface area contributed by atoms with E-state index in [2.05, 4.69) is 31.3 Å². The number of hydrogen-bond acceptors (Lipinski definition) is 15. The van der Waals surface area contributed by atoms with E-state index in [1.807, 2.05) is 0 Å². The number of methoxy groups -OCH3 is 2. The summed E-state index contributed by atoms with van der Waals surface area (Å²) in [6, 6.07) is 4.98. The van der Waals surface area contributed by atoms with Crippen LogP contribution in [0.1, 0.15) is 35.4 Å². The van der Waals surface area contributed by atoms with Crippen molar-refractivity contribution in [3.8, 4) is 35.5 Å². The Morgan fingerprint density at radius 1 is 1.11 bits per heavy atom. The number of rotatable bonds is 13. The quantitative estimate of drug-likeness (QED) is 0.0950. The fourth-order valence-corrected chi connectivity index (χ4v) is 7.26. The number of carboxylic acid groups (broad SMARTS) is 1. The number of aryl methyl sites for hydroxylation is 1. The molecule has 6 N–H and O–H groups in total. The third-order valence-corrected chi connectivity index (χ3v) is 10.9. The molecular weight excluding hydrogens is 886 g/mol. The van der Waals surface area contributed by atoms with Crippen LogP contribution < -0.4 is 35.7 Å². The molecule has 2 atom stereocenters. The Labute approximate surface area is 359 Å². The van der Waals surface area contributed by atoms with Crippen LogP contribution in [-0.2, 0) is 32.3 Å². The third-order valence-electron chi connectivity index (χ3n) is 7.90. The van der Waals surface area contributed by atoms with Crippen LogP contribution in [0.2, 0.25) is 10.0 Å². The van der Waals surface area contributed by atoms with E-state index < -0.39 is 46.4 Å². The molecular formula is C35H43Cl2N10O12PS. The number of pyridine rings is 1. The van der Waals surface area contributed by atoms with Crippen LogP contribution >= 0.6 is 30.6 Å². The van der Waals surface area contributed by atoms with Gasteiger partial charge in [-0.3, -0.25) is 24.0 Å². The number of terminal acetylenes is 1. The van der Waals surface area contributed by atoms with Gasteiger partial charge >= 0.3 is 17.7 Å². The summed E-state index contributed by atoms with van der Waals surface area (Å²) in [7, 11) is -1.95. The first-order valence-electron chi connectivity index (χ1n) is 17.6. The summed E-state index contributed by atoms with van der Waals surface area (Å²) in [5.41, 5.74) is 5.13. The van der Waals surface area contributed by atoms with E-state index in [0.29, 0.717) is 28.0 Å². The minimum atomic E-state index is -4.46. The van der Waals surface area contributed by atoms with Crippen molar-refractivity contribution in [3.05, 3.63) is 68.4 Å². The van der Waals surface area contributed by atoms with E-state index in [1.165, 1.54) is 75.0 Å². The van der Waals surface area contributed by atoms with Gasteiger partial charge in [0, 0.05) is 52.2 Å². The van der Waals surface area contributed by atoms with Crippen LogP contribution in [0.5, 0.6) is 17.5 Å². The molecule has 2 unspecified atom stereocenters. The second-order valence-electron chi connectivity index (χ2n) is 12.8. The number of urea groups is 1. The molecule has 0 saturated carbocycles. The van der Waals surface area contributed by atoms with Gasteiger partial charge in [0.05, 0.1) is 41.6 Å². The summed E-state index contributed by atoms with van der Waals surface area (Å²) >= 11 is 12.3. The van der Waals surface area contributed by atoms with Gasteiger partial charge in [-0.25, -0.2) is 19.3 Å². The first-order chi connectivity index (χ1) is 28.6. The van der Waals surface area contributed by atoms with Crippen molar-refractivity contribution in [2.75, 3.05) is 53.1 Å². The maximum Gasteiger partial charge on any atom is 0.350 e. The van der Waals surface area contributed by atoms with Crippen LogP contribution in [0.4, 0.5) is 10.7 Å². The molecule has 1 aliphatic heterocycles. The highest BCUT2D eigenvalue weighted by molar-refractivity contribution is 7.90. The highest BCUT2D eigenvalue weighted by Crippen LogP contribution is 2.36. The lowest BCUT2D eigenvalue weighted by atomic mass is 10.2. The standard InChI is InChI=1S/C15H13Cl2N3O2.C15H18N6O6S.C5H12NO4P/c1-2-7-22-13-9-12(10(16)8-11(13)17)20-15(21)19-6-4-3-5-14(19)18-20;1-21(2)13(22)9-6-5-7-16-12(9)28(24,25)20-15(23)19-14-17-10(26-3)8-11(18-14)27-4;1-11(9,10)3-2-4(6)5(7)8/h1,8-9H,3-7H2;5-8H,1-4H3,(H2,17,18,19,20,23);4H,2-3,6H2,1H3,(H,7,8)(H,9,10). The lowest BCUT2D eigenvalue weighted by Gasteiger charge is -2.14. The van der Waals surface area contributed by atoms with Gasteiger partial charge in [0.1, 0.15) is 24.2 Å². The zero-order valence-electron chi connectivity index (χ0n) is 33.4. The number of nitrogens with two attached hydrogens (primary N) is 1. The highest BCUT2D eigenvalue weighted by atomic mass is 35.5. The Bertz CT molecular complexity index is 2470. The summed E-state index contributed by atoms with van der Waals surface area (Å²) in [5, 5.41) is 14.9. The Hall–Kier alpha value is -5.76. The van der Waals surface area contributed by atoms with Crippen LogP contribution in [0.25, 0.3) is 5.69 Å². The molecule has 4 aromatic rings. The summed E-state index contributed by atoms with van der Waals surface area (Å²) in [6.45, 7) is 1.94. The molecule has 0 fully saturated rings. The number of nitrogens with zero attached hydrogens (tertiary/aromatic N) is 7. The number of anilines is 1. The van der Waals surface area contributed by atoms with Gasteiger partial charge in [-0.2, -0.15) is 23.1 Å². The molecule has 0 bridgehead atoms. The van der Waals surface area contributed by atoms with Crippen molar-refractivity contribution in [2.24, 2.45) is 5.73 Å². The van der Waals surface area contributed by atoms with Crippen LogP contribution in [0.3, 0.4) is 0 Å². The van der Waals surface area contributed by atoms with Gasteiger partial charge in [0.25, 0.3) is 15.9 Å². The van der Waals surface area contributed by atoms with Crippen molar-refractivity contribution in [1.82, 2.24) is 38.9 Å². The van der Waals surface area contributed by atoms with Crippen molar-refractivity contribution in [1.29, 1.82) is 0 Å². The van der Waals surface area contributed by atoms with E-state index in [-0.39, 0.29) is 48.2 Å². The van der Waals surface area contributed by atoms with Crippen LogP contribution in [-0.4, -0.2) is 124 Å².